The van der Waals surface area contributed by atoms with Crippen molar-refractivity contribution in [3.63, 3.8) is 0 Å². The lowest BCUT2D eigenvalue weighted by molar-refractivity contribution is -0.118. The lowest BCUT2D eigenvalue weighted by Gasteiger charge is -2.42. The molecule has 9 heteroatoms. The van der Waals surface area contributed by atoms with E-state index in [1.165, 1.54) is 23.1 Å². The van der Waals surface area contributed by atoms with Gasteiger partial charge in [0.05, 0.1) is 23.3 Å². The number of nitrogens with two attached hydrogens (primary N) is 1. The Labute approximate surface area is 193 Å². The number of allylic oxidation sites excluding steroid dienone is 3. The van der Waals surface area contributed by atoms with E-state index in [1.54, 1.807) is 16.2 Å². The molecule has 0 aromatic carbocycles. The quantitative estimate of drug-likeness (QED) is 0.519. The summed E-state index contributed by atoms with van der Waals surface area (Å²) >= 11 is 4.37. The van der Waals surface area contributed by atoms with Crippen molar-refractivity contribution in [3.05, 3.63) is 44.6 Å². The molecule has 0 bridgehead atoms. The maximum atomic E-state index is 13.4. The van der Waals surface area contributed by atoms with E-state index < -0.39 is 5.92 Å². The van der Waals surface area contributed by atoms with E-state index in [0.717, 1.165) is 19.8 Å². The van der Waals surface area contributed by atoms with Crippen molar-refractivity contribution in [1.29, 1.82) is 5.26 Å². The minimum absolute atomic E-state index is 0.0546. The van der Waals surface area contributed by atoms with E-state index in [2.05, 4.69) is 36.0 Å². The molecule has 6 nitrogen and oxygen atoms in total. The molecule has 1 atom stereocenters. The van der Waals surface area contributed by atoms with Gasteiger partial charge in [-0.2, -0.15) is 5.26 Å². The number of rotatable bonds is 4. The van der Waals surface area contributed by atoms with Crippen LogP contribution in [0.2, 0.25) is 0 Å². The van der Waals surface area contributed by atoms with Gasteiger partial charge in [0.15, 0.2) is 10.1 Å². The Hall–Kier alpha value is -2.59. The molecule has 1 aliphatic heterocycles. The smallest absolute Gasteiger partial charge is 0.219 e. The zero-order chi connectivity index (χ0) is 22.3. The van der Waals surface area contributed by atoms with E-state index in [4.69, 9.17) is 12.2 Å². The van der Waals surface area contributed by atoms with Gasteiger partial charge in [0.1, 0.15) is 5.82 Å². The molecule has 0 radical (unpaired) electrons. The number of hydrogen-bond donors (Lipinski definition) is 1. The average Bonchev–Trinajstić information content (AvgIpc) is 3.33. The van der Waals surface area contributed by atoms with Gasteiger partial charge in [-0.05, 0) is 30.9 Å². The average molecular weight is 468 g/mol. The fraction of sp³-hybridized carbons (Fsp3) is 0.364. The zero-order valence-corrected chi connectivity index (χ0v) is 19.9. The van der Waals surface area contributed by atoms with Gasteiger partial charge in [0.2, 0.25) is 5.13 Å². The molecular formula is C22H21N5OS3. The molecule has 0 spiro atoms. The van der Waals surface area contributed by atoms with Crippen molar-refractivity contribution in [1.82, 2.24) is 10.2 Å². The fourth-order valence-electron chi connectivity index (χ4n) is 4.08. The number of nitrogens with zero attached hydrogens (tertiary/aromatic N) is 4. The largest absolute Gasteiger partial charge is 0.384 e. The summed E-state index contributed by atoms with van der Waals surface area (Å²) in [6.45, 7) is 6.16. The Balaban J connectivity index is 1.91. The number of ketones is 1. The second-order valence-corrected chi connectivity index (χ2v) is 11.8. The molecule has 0 fully saturated rings. The molecular weight excluding hydrogens is 446 g/mol. The summed E-state index contributed by atoms with van der Waals surface area (Å²) in [4.78, 5) is 17.3. The first-order chi connectivity index (χ1) is 14.8. The van der Waals surface area contributed by atoms with Gasteiger partial charge in [-0.15, -0.1) is 28.0 Å². The molecule has 2 N–H and O–H groups in total. The van der Waals surface area contributed by atoms with E-state index in [9.17, 15) is 10.1 Å². The highest BCUT2D eigenvalue weighted by Gasteiger charge is 2.45. The number of thioether (sulfide) groups is 1. The lowest BCUT2D eigenvalue weighted by atomic mass is 9.70. The molecule has 4 rings (SSSR count). The van der Waals surface area contributed by atoms with Crippen molar-refractivity contribution >= 4 is 45.4 Å². The lowest BCUT2D eigenvalue weighted by Crippen LogP contribution is -2.42. The number of carbonyl (C=O) groups is 1. The number of Topliss-reactive ketones (excluding diaryl/α,β-unsaturated/α-hetero) is 1. The summed E-state index contributed by atoms with van der Waals surface area (Å²) < 4.78 is 0.721. The van der Waals surface area contributed by atoms with Gasteiger partial charge >= 0.3 is 0 Å². The second kappa shape index (κ2) is 8.16. The molecule has 31 heavy (non-hydrogen) atoms. The Morgan fingerprint density at radius 3 is 2.77 bits per heavy atom. The highest BCUT2D eigenvalue weighted by Crippen LogP contribution is 2.51. The standard InChI is InChI=1S/C22H21N5OS3/c1-5-8-29-21-26-25-20(31-21)27-14-9-22(3,4)10-15(28)18(14)17(13(11-23)19(27)24)16-7-6-12(2)30-16/h1,6-7,17H,8-10,24H2,2-4H3. The SMILES string of the molecule is C#CCSc1nnc(N2C(N)=C(C#N)C(c3ccc(C)s3)C3=C2CC(C)(C)CC3=O)s1. The Morgan fingerprint density at radius 1 is 1.35 bits per heavy atom. The van der Waals surface area contributed by atoms with Crippen molar-refractivity contribution in [2.75, 3.05) is 10.7 Å². The first kappa shape index (κ1) is 21.6. The molecule has 1 unspecified atom stereocenters. The Morgan fingerprint density at radius 2 is 2.13 bits per heavy atom. The summed E-state index contributed by atoms with van der Waals surface area (Å²) in [6, 6.07) is 6.28. The van der Waals surface area contributed by atoms with Crippen LogP contribution in [0.15, 0.2) is 39.1 Å². The summed E-state index contributed by atoms with van der Waals surface area (Å²) in [7, 11) is 0. The van der Waals surface area contributed by atoms with Crippen LogP contribution in [0.5, 0.6) is 0 Å². The van der Waals surface area contributed by atoms with E-state index in [1.807, 2.05) is 19.1 Å². The number of hydrogen-bond acceptors (Lipinski definition) is 9. The van der Waals surface area contributed by atoms with E-state index in [0.29, 0.717) is 40.7 Å². The maximum absolute atomic E-state index is 13.4. The van der Waals surface area contributed by atoms with Crippen LogP contribution in [-0.4, -0.2) is 21.7 Å². The predicted octanol–water partition coefficient (Wildman–Crippen LogP) is 4.57. The summed E-state index contributed by atoms with van der Waals surface area (Å²) in [6.07, 6.45) is 6.44. The van der Waals surface area contributed by atoms with Crippen molar-refractivity contribution < 1.29 is 4.79 Å². The normalized spacial score (nSPS) is 20.5. The molecule has 2 aromatic heterocycles. The van der Waals surface area contributed by atoms with Crippen LogP contribution in [0.4, 0.5) is 5.13 Å². The number of thiophene rings is 1. The maximum Gasteiger partial charge on any atom is 0.219 e. The van der Waals surface area contributed by atoms with Gasteiger partial charge in [-0.1, -0.05) is 42.9 Å². The molecule has 0 amide bonds. The first-order valence-electron chi connectivity index (χ1n) is 9.68. The number of nitriles is 1. The van der Waals surface area contributed by atoms with E-state index >= 15 is 0 Å². The van der Waals surface area contributed by atoms with Crippen molar-refractivity contribution in [2.45, 2.75) is 43.9 Å². The third-order valence-electron chi connectivity index (χ3n) is 5.29. The highest BCUT2D eigenvalue weighted by molar-refractivity contribution is 8.01. The monoisotopic (exact) mass is 467 g/mol. The van der Waals surface area contributed by atoms with Gasteiger partial charge in [-0.3, -0.25) is 9.69 Å². The summed E-state index contributed by atoms with van der Waals surface area (Å²) in [5.74, 6) is 2.99. The van der Waals surface area contributed by atoms with Gasteiger partial charge in [0, 0.05) is 27.4 Å². The fourth-order valence-corrected chi connectivity index (χ4v) is 6.63. The minimum Gasteiger partial charge on any atom is -0.384 e. The van der Waals surface area contributed by atoms with Crippen LogP contribution in [0.1, 0.15) is 42.4 Å². The highest BCUT2D eigenvalue weighted by atomic mass is 32.2. The Kier molecular flexibility index (Phi) is 5.69. The van der Waals surface area contributed by atoms with Crippen molar-refractivity contribution in [3.8, 4) is 18.4 Å². The van der Waals surface area contributed by atoms with Crippen molar-refractivity contribution in [2.24, 2.45) is 11.1 Å². The second-order valence-electron chi connectivity index (χ2n) is 8.27. The van der Waals surface area contributed by atoms with E-state index in [-0.39, 0.29) is 11.2 Å². The number of aryl methyl sites for hydroxylation is 1. The van der Waals surface area contributed by atoms with Crippen LogP contribution in [0, 0.1) is 36.0 Å². The molecule has 0 saturated carbocycles. The molecule has 2 aromatic rings. The van der Waals surface area contributed by atoms with Crippen LogP contribution in [0.25, 0.3) is 0 Å². The minimum atomic E-state index is -0.443. The van der Waals surface area contributed by atoms with Gasteiger partial charge < -0.3 is 5.73 Å². The van der Waals surface area contributed by atoms with Crippen LogP contribution < -0.4 is 10.6 Å². The molecule has 2 aliphatic rings. The summed E-state index contributed by atoms with van der Waals surface area (Å²) in [5.41, 5.74) is 8.22. The third-order valence-corrected chi connectivity index (χ3v) is 8.30. The predicted molar refractivity (Wildman–Crippen MR) is 126 cm³/mol. The molecule has 158 valence electrons. The molecule has 1 aliphatic carbocycles. The topological polar surface area (TPSA) is 95.9 Å². The molecule has 0 saturated heterocycles. The van der Waals surface area contributed by atoms with Crippen LogP contribution in [0.3, 0.4) is 0 Å². The zero-order valence-electron chi connectivity index (χ0n) is 17.4. The van der Waals surface area contributed by atoms with Gasteiger partial charge in [0.25, 0.3) is 0 Å². The van der Waals surface area contributed by atoms with Gasteiger partial charge in [-0.25, -0.2) is 0 Å². The summed E-state index contributed by atoms with van der Waals surface area (Å²) in [5, 5.41) is 19.1. The van der Waals surface area contributed by atoms with Crippen LogP contribution >= 0.6 is 34.4 Å². The number of anilines is 1. The molecule has 3 heterocycles. The number of terminal acetylenes is 1. The Bertz CT molecular complexity index is 1200. The third kappa shape index (κ3) is 3.89. The van der Waals surface area contributed by atoms with Crippen LogP contribution in [-0.2, 0) is 4.79 Å². The number of aromatic nitrogens is 2. The first-order valence-corrected chi connectivity index (χ1v) is 12.3. The number of carbonyl (C=O) groups excluding carboxylic acids is 1.